The number of nitrogens with one attached hydrogen (secondary N) is 2. The van der Waals surface area contributed by atoms with Crippen molar-refractivity contribution in [2.45, 2.75) is 32.7 Å². The first-order valence-corrected chi connectivity index (χ1v) is 6.32. The lowest BCUT2D eigenvalue weighted by atomic mass is 10.2. The van der Waals surface area contributed by atoms with Gasteiger partial charge in [0.05, 0.1) is 11.8 Å². The van der Waals surface area contributed by atoms with Gasteiger partial charge in [0, 0.05) is 12.6 Å². The SMILES string of the molecule is CCNc1ncc(F)cc1C(=O)NC(C)C1CC1. The van der Waals surface area contributed by atoms with E-state index in [1.165, 1.54) is 6.07 Å². The molecule has 0 radical (unpaired) electrons. The summed E-state index contributed by atoms with van der Waals surface area (Å²) in [5, 5.41) is 5.86. The number of carbonyl (C=O) groups excluding carboxylic acids is 1. The second-order valence-electron chi connectivity index (χ2n) is 4.68. The molecular weight excluding hydrogens is 233 g/mol. The topological polar surface area (TPSA) is 54.0 Å². The molecule has 4 nitrogen and oxygen atoms in total. The maximum absolute atomic E-state index is 13.2. The summed E-state index contributed by atoms with van der Waals surface area (Å²) >= 11 is 0. The van der Waals surface area contributed by atoms with Crippen LogP contribution in [0.25, 0.3) is 0 Å². The Labute approximate surface area is 106 Å². The maximum Gasteiger partial charge on any atom is 0.255 e. The summed E-state index contributed by atoms with van der Waals surface area (Å²) < 4.78 is 13.2. The zero-order chi connectivity index (χ0) is 13.1. The van der Waals surface area contributed by atoms with E-state index in [9.17, 15) is 9.18 Å². The molecule has 18 heavy (non-hydrogen) atoms. The van der Waals surface area contributed by atoms with E-state index >= 15 is 0 Å². The molecule has 0 saturated heterocycles. The van der Waals surface area contributed by atoms with Gasteiger partial charge in [-0.2, -0.15) is 0 Å². The lowest BCUT2D eigenvalue weighted by molar-refractivity contribution is 0.0936. The summed E-state index contributed by atoms with van der Waals surface area (Å²) in [6, 6.07) is 1.36. The third kappa shape index (κ3) is 2.97. The maximum atomic E-state index is 13.2. The summed E-state index contributed by atoms with van der Waals surface area (Å²) in [5.74, 6) is 0.232. The monoisotopic (exact) mass is 251 g/mol. The van der Waals surface area contributed by atoms with Gasteiger partial charge < -0.3 is 10.6 Å². The fraction of sp³-hybridized carbons (Fsp3) is 0.538. The Kier molecular flexibility index (Phi) is 3.79. The Morgan fingerprint density at radius 3 is 2.94 bits per heavy atom. The second-order valence-corrected chi connectivity index (χ2v) is 4.68. The molecule has 1 amide bonds. The second kappa shape index (κ2) is 5.33. The molecule has 1 unspecified atom stereocenters. The summed E-state index contributed by atoms with van der Waals surface area (Å²) in [5.41, 5.74) is 0.268. The summed E-state index contributed by atoms with van der Waals surface area (Å²) in [7, 11) is 0. The zero-order valence-corrected chi connectivity index (χ0v) is 10.7. The molecule has 1 fully saturated rings. The van der Waals surface area contributed by atoms with Crippen LogP contribution < -0.4 is 10.6 Å². The molecule has 1 aliphatic carbocycles. The van der Waals surface area contributed by atoms with Crippen LogP contribution in [0.4, 0.5) is 10.2 Å². The molecule has 0 aliphatic heterocycles. The average Bonchev–Trinajstić information content (AvgIpc) is 3.15. The molecule has 1 atom stereocenters. The van der Waals surface area contributed by atoms with E-state index in [1.807, 2.05) is 13.8 Å². The van der Waals surface area contributed by atoms with Gasteiger partial charge in [-0.25, -0.2) is 9.37 Å². The third-order valence-corrected chi connectivity index (χ3v) is 3.13. The molecule has 0 bridgehead atoms. The van der Waals surface area contributed by atoms with Crippen molar-refractivity contribution in [3.8, 4) is 0 Å². The molecule has 5 heteroatoms. The van der Waals surface area contributed by atoms with E-state index in [-0.39, 0.29) is 17.5 Å². The predicted octanol–water partition coefficient (Wildman–Crippen LogP) is 2.18. The quantitative estimate of drug-likeness (QED) is 0.843. The first kappa shape index (κ1) is 12.8. The standard InChI is InChI=1S/C13H18FN3O/c1-3-15-12-11(6-10(14)7-16-12)13(18)17-8(2)9-4-5-9/h6-9H,3-5H2,1-2H3,(H,15,16)(H,17,18). The zero-order valence-electron chi connectivity index (χ0n) is 10.7. The minimum atomic E-state index is -0.499. The molecular formula is C13H18FN3O. The van der Waals surface area contributed by atoms with E-state index < -0.39 is 5.82 Å². The van der Waals surface area contributed by atoms with Gasteiger partial charge in [0.15, 0.2) is 0 Å². The van der Waals surface area contributed by atoms with Gasteiger partial charge in [-0.05, 0) is 38.7 Å². The van der Waals surface area contributed by atoms with Crippen LogP contribution in [-0.4, -0.2) is 23.5 Å². The first-order valence-electron chi connectivity index (χ1n) is 6.32. The lowest BCUT2D eigenvalue weighted by Crippen LogP contribution is -2.34. The van der Waals surface area contributed by atoms with Crippen molar-refractivity contribution in [2.75, 3.05) is 11.9 Å². The molecule has 1 aromatic heterocycles. The Hall–Kier alpha value is -1.65. The van der Waals surface area contributed by atoms with Gasteiger partial charge >= 0.3 is 0 Å². The van der Waals surface area contributed by atoms with Gasteiger partial charge in [0.1, 0.15) is 11.6 Å². The number of amides is 1. The van der Waals surface area contributed by atoms with Crippen molar-refractivity contribution in [1.82, 2.24) is 10.3 Å². The van der Waals surface area contributed by atoms with Gasteiger partial charge in [-0.1, -0.05) is 0 Å². The van der Waals surface area contributed by atoms with Gasteiger partial charge in [-0.15, -0.1) is 0 Å². The highest BCUT2D eigenvalue weighted by Gasteiger charge is 2.29. The highest BCUT2D eigenvalue weighted by Crippen LogP contribution is 2.32. The van der Waals surface area contributed by atoms with Crippen molar-refractivity contribution in [3.05, 3.63) is 23.6 Å². The Bertz CT molecular complexity index is 446. The Balaban J connectivity index is 2.13. The van der Waals surface area contributed by atoms with Gasteiger partial charge in [0.25, 0.3) is 5.91 Å². The Morgan fingerprint density at radius 2 is 2.33 bits per heavy atom. The van der Waals surface area contributed by atoms with Gasteiger partial charge in [0.2, 0.25) is 0 Å². The van der Waals surface area contributed by atoms with Crippen molar-refractivity contribution in [3.63, 3.8) is 0 Å². The molecule has 0 spiro atoms. The number of pyridine rings is 1. The minimum Gasteiger partial charge on any atom is -0.370 e. The molecule has 0 aromatic carbocycles. The Morgan fingerprint density at radius 1 is 1.61 bits per heavy atom. The van der Waals surface area contributed by atoms with Crippen LogP contribution in [0.15, 0.2) is 12.3 Å². The van der Waals surface area contributed by atoms with E-state index in [2.05, 4.69) is 15.6 Å². The summed E-state index contributed by atoms with van der Waals surface area (Å²) in [6.07, 6.45) is 3.42. The van der Waals surface area contributed by atoms with Crippen molar-refractivity contribution < 1.29 is 9.18 Å². The summed E-state index contributed by atoms with van der Waals surface area (Å²) in [4.78, 5) is 16.0. The number of hydrogen-bond acceptors (Lipinski definition) is 3. The highest BCUT2D eigenvalue weighted by molar-refractivity contribution is 5.98. The van der Waals surface area contributed by atoms with Crippen molar-refractivity contribution in [2.24, 2.45) is 5.92 Å². The molecule has 2 rings (SSSR count). The van der Waals surface area contributed by atoms with Crippen LogP contribution in [0.5, 0.6) is 0 Å². The highest BCUT2D eigenvalue weighted by atomic mass is 19.1. The summed E-state index contributed by atoms with van der Waals surface area (Å²) in [6.45, 7) is 4.52. The van der Waals surface area contributed by atoms with Crippen LogP contribution in [0.2, 0.25) is 0 Å². The normalized spacial score (nSPS) is 16.2. The fourth-order valence-electron chi connectivity index (χ4n) is 1.92. The number of rotatable bonds is 5. The average molecular weight is 251 g/mol. The fourth-order valence-corrected chi connectivity index (χ4v) is 1.92. The van der Waals surface area contributed by atoms with Crippen LogP contribution in [0.1, 0.15) is 37.0 Å². The van der Waals surface area contributed by atoms with Gasteiger partial charge in [-0.3, -0.25) is 4.79 Å². The molecule has 1 heterocycles. The lowest BCUT2D eigenvalue weighted by Gasteiger charge is -2.14. The number of hydrogen-bond donors (Lipinski definition) is 2. The van der Waals surface area contributed by atoms with E-state index in [4.69, 9.17) is 0 Å². The molecule has 1 saturated carbocycles. The molecule has 1 aromatic rings. The van der Waals surface area contributed by atoms with Crippen LogP contribution in [0.3, 0.4) is 0 Å². The van der Waals surface area contributed by atoms with Crippen molar-refractivity contribution in [1.29, 1.82) is 0 Å². The number of carbonyl (C=O) groups is 1. The molecule has 2 N–H and O–H groups in total. The van der Waals surface area contributed by atoms with Crippen LogP contribution in [0, 0.1) is 11.7 Å². The smallest absolute Gasteiger partial charge is 0.255 e. The largest absolute Gasteiger partial charge is 0.370 e. The van der Waals surface area contributed by atoms with E-state index in [1.54, 1.807) is 0 Å². The number of aromatic nitrogens is 1. The minimum absolute atomic E-state index is 0.134. The first-order chi connectivity index (χ1) is 8.61. The van der Waals surface area contributed by atoms with E-state index in [0.29, 0.717) is 18.3 Å². The molecule has 1 aliphatic rings. The van der Waals surface area contributed by atoms with Crippen molar-refractivity contribution >= 4 is 11.7 Å². The molecule has 98 valence electrons. The third-order valence-electron chi connectivity index (χ3n) is 3.13. The van der Waals surface area contributed by atoms with Crippen LogP contribution >= 0.6 is 0 Å². The van der Waals surface area contributed by atoms with Crippen LogP contribution in [-0.2, 0) is 0 Å². The number of anilines is 1. The number of nitrogens with zero attached hydrogens (tertiary/aromatic N) is 1. The predicted molar refractivity (Wildman–Crippen MR) is 68.0 cm³/mol. The van der Waals surface area contributed by atoms with E-state index in [0.717, 1.165) is 19.0 Å². The number of halogens is 1.